The fourth-order valence-corrected chi connectivity index (χ4v) is 1.45. The number of nitrogens with one attached hydrogen (secondary N) is 1. The lowest BCUT2D eigenvalue weighted by atomic mass is 9.98. The van der Waals surface area contributed by atoms with E-state index in [1.807, 2.05) is 32.0 Å². The molecule has 0 saturated heterocycles. The van der Waals surface area contributed by atoms with Gasteiger partial charge in [0, 0.05) is 4.47 Å². The predicted octanol–water partition coefficient (Wildman–Crippen LogP) is 2.60. The number of aliphatic hydroxyl groups excluding tert-OH is 1. The van der Waals surface area contributed by atoms with E-state index in [1.165, 1.54) is 0 Å². The fourth-order valence-electron chi connectivity index (χ4n) is 1.09. The lowest BCUT2D eigenvalue weighted by molar-refractivity contribution is 0.133. The second kappa shape index (κ2) is 4.41. The third-order valence-corrected chi connectivity index (χ3v) is 3.01. The van der Waals surface area contributed by atoms with Crippen LogP contribution in [0.15, 0.2) is 22.7 Å². The molecule has 3 nitrogen and oxygen atoms in total. The first-order valence-corrected chi connectivity index (χ1v) is 5.63. The Kier molecular flexibility index (Phi) is 3.62. The SMILES string of the molecule is CC(O)C(C)(C)Nc1cc(Br)ccc1N. The van der Waals surface area contributed by atoms with Crippen molar-refractivity contribution in [3.05, 3.63) is 22.7 Å². The normalized spacial score (nSPS) is 13.7. The third kappa shape index (κ3) is 3.11. The van der Waals surface area contributed by atoms with E-state index in [0.717, 1.165) is 10.2 Å². The molecule has 4 N–H and O–H groups in total. The van der Waals surface area contributed by atoms with E-state index in [4.69, 9.17) is 5.73 Å². The van der Waals surface area contributed by atoms with Gasteiger partial charge in [-0.05, 0) is 39.0 Å². The maximum absolute atomic E-state index is 9.59. The molecule has 0 heterocycles. The van der Waals surface area contributed by atoms with Crippen molar-refractivity contribution in [3.63, 3.8) is 0 Å². The van der Waals surface area contributed by atoms with Gasteiger partial charge in [0.25, 0.3) is 0 Å². The number of nitrogens with two attached hydrogens (primary N) is 1. The van der Waals surface area contributed by atoms with Crippen molar-refractivity contribution in [2.45, 2.75) is 32.4 Å². The highest BCUT2D eigenvalue weighted by atomic mass is 79.9. The van der Waals surface area contributed by atoms with Crippen molar-refractivity contribution in [2.24, 2.45) is 0 Å². The molecule has 4 heteroatoms. The van der Waals surface area contributed by atoms with E-state index in [0.29, 0.717) is 5.69 Å². The predicted molar refractivity (Wildman–Crippen MR) is 67.9 cm³/mol. The number of hydrogen-bond donors (Lipinski definition) is 3. The largest absolute Gasteiger partial charge is 0.397 e. The maximum atomic E-state index is 9.59. The molecule has 1 rings (SSSR count). The van der Waals surface area contributed by atoms with E-state index >= 15 is 0 Å². The van der Waals surface area contributed by atoms with Crippen molar-refractivity contribution in [1.82, 2.24) is 0 Å². The molecule has 0 saturated carbocycles. The lowest BCUT2D eigenvalue weighted by Crippen LogP contribution is -2.42. The van der Waals surface area contributed by atoms with Gasteiger partial charge in [-0.15, -0.1) is 0 Å². The van der Waals surface area contributed by atoms with Crippen molar-refractivity contribution in [1.29, 1.82) is 0 Å². The Balaban J connectivity index is 2.94. The van der Waals surface area contributed by atoms with Crippen LogP contribution in [0.3, 0.4) is 0 Å². The number of anilines is 2. The summed E-state index contributed by atoms with van der Waals surface area (Å²) in [5.74, 6) is 0. The van der Waals surface area contributed by atoms with Crippen LogP contribution in [0, 0.1) is 0 Å². The maximum Gasteiger partial charge on any atom is 0.0736 e. The zero-order valence-electron chi connectivity index (χ0n) is 9.21. The number of nitrogen functional groups attached to an aromatic ring is 1. The summed E-state index contributed by atoms with van der Waals surface area (Å²) in [7, 11) is 0. The fraction of sp³-hybridized carbons (Fsp3) is 0.455. The van der Waals surface area contributed by atoms with Crippen LogP contribution >= 0.6 is 15.9 Å². The zero-order chi connectivity index (χ0) is 11.6. The van der Waals surface area contributed by atoms with Gasteiger partial charge >= 0.3 is 0 Å². The summed E-state index contributed by atoms with van der Waals surface area (Å²) in [6.45, 7) is 5.61. The number of benzene rings is 1. The van der Waals surface area contributed by atoms with Crippen LogP contribution in [0.5, 0.6) is 0 Å². The second-order valence-corrected chi connectivity index (χ2v) is 5.17. The first kappa shape index (κ1) is 12.3. The minimum absolute atomic E-state index is 0.408. The Morgan fingerprint density at radius 3 is 2.60 bits per heavy atom. The third-order valence-electron chi connectivity index (χ3n) is 2.52. The molecule has 84 valence electrons. The summed E-state index contributed by atoms with van der Waals surface area (Å²) in [5.41, 5.74) is 6.93. The summed E-state index contributed by atoms with van der Waals surface area (Å²) < 4.78 is 0.959. The van der Waals surface area contributed by atoms with Crippen LogP contribution < -0.4 is 11.1 Å². The number of aliphatic hydroxyl groups is 1. The van der Waals surface area contributed by atoms with Gasteiger partial charge in [-0.25, -0.2) is 0 Å². The standard InChI is InChI=1S/C11H17BrN2O/c1-7(15)11(2,3)14-10-6-8(12)4-5-9(10)13/h4-7,14-15H,13H2,1-3H3. The van der Waals surface area contributed by atoms with Gasteiger partial charge in [-0.1, -0.05) is 15.9 Å². The number of rotatable bonds is 3. The van der Waals surface area contributed by atoms with Gasteiger partial charge in [0.1, 0.15) is 0 Å². The molecule has 0 amide bonds. The molecule has 1 aromatic rings. The Morgan fingerprint density at radius 2 is 2.07 bits per heavy atom. The quantitative estimate of drug-likeness (QED) is 0.742. The van der Waals surface area contributed by atoms with E-state index in [2.05, 4.69) is 21.2 Å². The lowest BCUT2D eigenvalue weighted by Gasteiger charge is -2.31. The van der Waals surface area contributed by atoms with Crippen molar-refractivity contribution in [2.75, 3.05) is 11.1 Å². The van der Waals surface area contributed by atoms with Crippen LogP contribution in [0.1, 0.15) is 20.8 Å². The summed E-state index contributed by atoms with van der Waals surface area (Å²) in [5, 5.41) is 12.8. The van der Waals surface area contributed by atoms with Crippen molar-refractivity contribution in [3.8, 4) is 0 Å². The van der Waals surface area contributed by atoms with Crippen molar-refractivity contribution < 1.29 is 5.11 Å². The first-order chi connectivity index (χ1) is 6.83. The molecule has 0 spiro atoms. The van der Waals surface area contributed by atoms with Crippen LogP contribution in [0.2, 0.25) is 0 Å². The molecule has 0 bridgehead atoms. The van der Waals surface area contributed by atoms with E-state index in [1.54, 1.807) is 6.92 Å². The van der Waals surface area contributed by atoms with Gasteiger partial charge in [0.15, 0.2) is 0 Å². The van der Waals surface area contributed by atoms with Crippen LogP contribution in [-0.4, -0.2) is 16.7 Å². The number of hydrogen-bond acceptors (Lipinski definition) is 3. The van der Waals surface area contributed by atoms with Gasteiger partial charge in [0.2, 0.25) is 0 Å². The average Bonchev–Trinajstić information content (AvgIpc) is 2.10. The molecule has 1 aromatic carbocycles. The average molecular weight is 273 g/mol. The Labute approximate surface area is 98.8 Å². The topological polar surface area (TPSA) is 58.3 Å². The summed E-state index contributed by atoms with van der Waals surface area (Å²) in [4.78, 5) is 0. The highest BCUT2D eigenvalue weighted by Gasteiger charge is 2.24. The highest BCUT2D eigenvalue weighted by molar-refractivity contribution is 9.10. The Bertz CT molecular complexity index is 350. The zero-order valence-corrected chi connectivity index (χ0v) is 10.8. The van der Waals surface area contributed by atoms with Gasteiger partial charge < -0.3 is 16.2 Å². The minimum atomic E-state index is -0.462. The second-order valence-electron chi connectivity index (χ2n) is 4.25. The molecular weight excluding hydrogens is 256 g/mol. The van der Waals surface area contributed by atoms with Gasteiger partial charge in [-0.2, -0.15) is 0 Å². The summed E-state index contributed by atoms with van der Waals surface area (Å²) >= 11 is 3.38. The Hall–Kier alpha value is -0.740. The van der Waals surface area contributed by atoms with E-state index < -0.39 is 11.6 Å². The molecule has 0 fully saturated rings. The molecule has 0 aliphatic heterocycles. The molecule has 0 aromatic heterocycles. The van der Waals surface area contributed by atoms with Crippen LogP contribution in [-0.2, 0) is 0 Å². The number of halogens is 1. The first-order valence-electron chi connectivity index (χ1n) is 4.84. The molecule has 0 aliphatic carbocycles. The molecule has 0 radical (unpaired) electrons. The molecule has 1 atom stereocenters. The minimum Gasteiger partial charge on any atom is -0.397 e. The highest BCUT2D eigenvalue weighted by Crippen LogP contribution is 2.27. The van der Waals surface area contributed by atoms with Crippen molar-refractivity contribution >= 4 is 27.3 Å². The van der Waals surface area contributed by atoms with Gasteiger partial charge in [-0.3, -0.25) is 0 Å². The van der Waals surface area contributed by atoms with Gasteiger partial charge in [0.05, 0.1) is 23.0 Å². The van der Waals surface area contributed by atoms with E-state index in [9.17, 15) is 5.11 Å². The monoisotopic (exact) mass is 272 g/mol. The molecule has 0 aliphatic rings. The summed E-state index contributed by atoms with van der Waals surface area (Å²) in [6.07, 6.45) is -0.462. The van der Waals surface area contributed by atoms with Crippen LogP contribution in [0.25, 0.3) is 0 Å². The molecular formula is C11H17BrN2O. The smallest absolute Gasteiger partial charge is 0.0736 e. The van der Waals surface area contributed by atoms with Crippen LogP contribution in [0.4, 0.5) is 11.4 Å². The molecule has 15 heavy (non-hydrogen) atoms. The van der Waals surface area contributed by atoms with E-state index in [-0.39, 0.29) is 0 Å². The summed E-state index contributed by atoms with van der Waals surface area (Å²) in [6, 6.07) is 5.61. The molecule has 1 unspecified atom stereocenters. The Morgan fingerprint density at radius 1 is 1.47 bits per heavy atom.